The van der Waals surface area contributed by atoms with Crippen LogP contribution in [-0.2, 0) is 9.53 Å². The Bertz CT molecular complexity index is 1730. The molecule has 0 radical (unpaired) electrons. The number of rotatable bonds is 7. The van der Waals surface area contributed by atoms with Gasteiger partial charge in [-0.05, 0) is 50.7 Å². The zero-order valence-corrected chi connectivity index (χ0v) is 25.2. The number of thiazole rings is 1. The van der Waals surface area contributed by atoms with Gasteiger partial charge in [0.25, 0.3) is 11.2 Å². The highest BCUT2D eigenvalue weighted by Crippen LogP contribution is 2.32. The first-order chi connectivity index (χ1) is 20.1. The van der Waals surface area contributed by atoms with Crippen molar-refractivity contribution >= 4 is 40.4 Å². The number of hydrogen-bond acceptors (Lipinski definition) is 10. The second-order valence-electron chi connectivity index (χ2n) is 10.6. The van der Waals surface area contributed by atoms with Crippen LogP contribution in [0.3, 0.4) is 0 Å². The average molecular weight is 591 g/mol. The Balaban J connectivity index is 1.69. The number of nitrogens with zero attached hydrogens (tertiary/aromatic N) is 6. The van der Waals surface area contributed by atoms with Crippen molar-refractivity contribution in [2.24, 2.45) is 4.99 Å². The second kappa shape index (κ2) is 11.9. The molecule has 3 heterocycles. The van der Waals surface area contributed by atoms with Gasteiger partial charge in [0, 0.05) is 69.3 Å². The number of likely N-dealkylation sites (N-methyl/N-ethyl adjacent to an activating group) is 1. The van der Waals surface area contributed by atoms with Gasteiger partial charge in [0.05, 0.1) is 33.4 Å². The van der Waals surface area contributed by atoms with Gasteiger partial charge in [0.2, 0.25) is 0 Å². The number of piperazine rings is 1. The van der Waals surface area contributed by atoms with Crippen LogP contribution in [0.1, 0.15) is 31.0 Å². The molecule has 0 bridgehead atoms. The summed E-state index contributed by atoms with van der Waals surface area (Å²) in [6.45, 7) is 6.93. The first-order valence-electron chi connectivity index (χ1n) is 13.8. The molecule has 0 aliphatic carbocycles. The van der Waals surface area contributed by atoms with E-state index in [0.717, 1.165) is 43.1 Å². The lowest BCUT2D eigenvalue weighted by molar-refractivity contribution is -0.384. The molecule has 1 saturated heterocycles. The molecule has 1 atom stereocenters. The quantitative estimate of drug-likeness (QED) is 0.234. The largest absolute Gasteiger partial charge is 0.463 e. The van der Waals surface area contributed by atoms with E-state index in [-0.39, 0.29) is 17.9 Å². The van der Waals surface area contributed by atoms with Gasteiger partial charge in [-0.15, -0.1) is 0 Å². The summed E-state index contributed by atoms with van der Waals surface area (Å²) in [5, 5.41) is 11.7. The Morgan fingerprint density at radius 1 is 1.17 bits per heavy atom. The van der Waals surface area contributed by atoms with Crippen LogP contribution in [0.5, 0.6) is 0 Å². The molecule has 42 heavy (non-hydrogen) atoms. The number of hydrogen-bond donors (Lipinski definition) is 0. The number of fused-ring (bicyclic) bond motifs is 1. The summed E-state index contributed by atoms with van der Waals surface area (Å²) < 4.78 is 7.30. The van der Waals surface area contributed by atoms with E-state index in [2.05, 4.69) is 21.8 Å². The van der Waals surface area contributed by atoms with Crippen molar-refractivity contribution in [3.63, 3.8) is 0 Å². The minimum atomic E-state index is -0.735. The molecule has 2 aromatic carbocycles. The number of anilines is 2. The molecular formula is C30H34N6O5S. The van der Waals surface area contributed by atoms with Crippen LogP contribution in [0.15, 0.2) is 63.5 Å². The molecular weight excluding hydrogens is 556 g/mol. The van der Waals surface area contributed by atoms with Gasteiger partial charge < -0.3 is 19.4 Å². The molecule has 0 amide bonds. The van der Waals surface area contributed by atoms with Crippen LogP contribution in [0, 0.1) is 10.1 Å². The molecule has 2 aliphatic heterocycles. The number of carbonyl (C=O) groups excluding carboxylic acids is 1. The van der Waals surface area contributed by atoms with E-state index in [0.29, 0.717) is 26.2 Å². The third kappa shape index (κ3) is 5.59. The Kier molecular flexibility index (Phi) is 8.28. The lowest BCUT2D eigenvalue weighted by atomic mass is 9.95. The van der Waals surface area contributed by atoms with Gasteiger partial charge >= 0.3 is 5.97 Å². The standard InChI is InChI=1S/C30H34N6O5S/c1-6-41-29(38)26-19(2)31-30-35(27(26)20-7-9-22(10-8-20)32(3)4)28(37)25(42-30)18-21-17-23(36(39)40)11-12-24(21)34-15-13-33(5)14-16-34/h7-12,17-18,27H,6,13-16H2,1-5H3/b25-18+. The number of carbonyl (C=O) groups is 1. The number of ether oxygens (including phenoxy) is 1. The van der Waals surface area contributed by atoms with Crippen LogP contribution in [0.4, 0.5) is 17.1 Å². The van der Waals surface area contributed by atoms with E-state index < -0.39 is 16.9 Å². The molecule has 1 aromatic heterocycles. The monoisotopic (exact) mass is 590 g/mol. The zero-order chi connectivity index (χ0) is 30.1. The first kappa shape index (κ1) is 29.2. The van der Waals surface area contributed by atoms with Crippen molar-refractivity contribution in [2.75, 3.05) is 63.7 Å². The number of nitro groups is 1. The molecule has 3 aromatic rings. The Morgan fingerprint density at radius 2 is 1.86 bits per heavy atom. The van der Waals surface area contributed by atoms with Crippen LogP contribution in [0.2, 0.25) is 0 Å². The van der Waals surface area contributed by atoms with Gasteiger partial charge in [-0.3, -0.25) is 19.5 Å². The fraction of sp³-hybridized carbons (Fsp3) is 0.367. The molecule has 1 unspecified atom stereocenters. The molecule has 220 valence electrons. The van der Waals surface area contributed by atoms with E-state index >= 15 is 0 Å². The fourth-order valence-corrected chi connectivity index (χ4v) is 6.35. The third-order valence-corrected chi connectivity index (χ3v) is 8.58. The molecule has 0 spiro atoms. The molecule has 11 nitrogen and oxygen atoms in total. The minimum Gasteiger partial charge on any atom is -0.463 e. The van der Waals surface area contributed by atoms with Crippen LogP contribution in [-0.4, -0.2) is 74.3 Å². The van der Waals surface area contributed by atoms with E-state index in [1.807, 2.05) is 43.3 Å². The van der Waals surface area contributed by atoms with Crippen molar-refractivity contribution < 1.29 is 14.5 Å². The Hall–Kier alpha value is -4.29. The van der Waals surface area contributed by atoms with Crippen LogP contribution >= 0.6 is 11.3 Å². The normalized spacial score (nSPS) is 17.6. The number of non-ortho nitro benzene ring substituents is 1. The molecule has 0 saturated carbocycles. The lowest BCUT2D eigenvalue weighted by Crippen LogP contribution is -2.44. The van der Waals surface area contributed by atoms with E-state index in [4.69, 9.17) is 4.74 Å². The van der Waals surface area contributed by atoms with Crippen molar-refractivity contribution in [1.82, 2.24) is 9.47 Å². The molecule has 12 heteroatoms. The highest BCUT2D eigenvalue weighted by molar-refractivity contribution is 7.07. The fourth-order valence-electron chi connectivity index (χ4n) is 5.31. The summed E-state index contributed by atoms with van der Waals surface area (Å²) in [4.78, 5) is 50.0. The van der Waals surface area contributed by atoms with Crippen LogP contribution in [0.25, 0.3) is 6.08 Å². The average Bonchev–Trinajstić information content (AvgIpc) is 3.26. The van der Waals surface area contributed by atoms with Gasteiger partial charge in [-0.25, -0.2) is 9.79 Å². The number of aromatic nitrogens is 1. The first-order valence-corrected chi connectivity index (χ1v) is 14.6. The predicted molar refractivity (Wildman–Crippen MR) is 164 cm³/mol. The summed E-state index contributed by atoms with van der Waals surface area (Å²) in [6, 6.07) is 11.7. The van der Waals surface area contributed by atoms with Gasteiger partial charge in [-0.1, -0.05) is 23.5 Å². The molecule has 1 fully saturated rings. The van der Waals surface area contributed by atoms with Crippen LogP contribution < -0.4 is 24.7 Å². The van der Waals surface area contributed by atoms with E-state index in [1.165, 1.54) is 28.0 Å². The Labute approximate surface area is 247 Å². The third-order valence-electron chi connectivity index (χ3n) is 7.59. The number of nitro benzene ring substituents is 1. The minimum absolute atomic E-state index is 0.0498. The van der Waals surface area contributed by atoms with Gasteiger partial charge in [-0.2, -0.15) is 0 Å². The SMILES string of the molecule is CCOC(=O)C1=C(C)N=c2s/c(=C/c3cc([N+](=O)[O-])ccc3N3CCN(C)CC3)c(=O)n2C1c1ccc(N(C)C)cc1. The van der Waals surface area contributed by atoms with Gasteiger partial charge in [0.1, 0.15) is 0 Å². The summed E-state index contributed by atoms with van der Waals surface area (Å²) in [6.07, 6.45) is 1.71. The second-order valence-corrected chi connectivity index (χ2v) is 11.6. The zero-order valence-electron chi connectivity index (χ0n) is 24.4. The van der Waals surface area contributed by atoms with Crippen molar-refractivity contribution in [2.45, 2.75) is 19.9 Å². The summed E-state index contributed by atoms with van der Waals surface area (Å²) in [5.41, 5.74) is 3.56. The highest BCUT2D eigenvalue weighted by Gasteiger charge is 2.33. The van der Waals surface area contributed by atoms with Crippen molar-refractivity contribution in [3.05, 3.63) is 94.7 Å². The number of esters is 1. The van der Waals surface area contributed by atoms with E-state index in [1.54, 1.807) is 26.0 Å². The maximum Gasteiger partial charge on any atom is 0.338 e. The lowest BCUT2D eigenvalue weighted by Gasteiger charge is -2.34. The topological polar surface area (TPSA) is 114 Å². The smallest absolute Gasteiger partial charge is 0.338 e. The Morgan fingerprint density at radius 3 is 2.48 bits per heavy atom. The number of benzene rings is 2. The molecule has 5 rings (SSSR count). The summed E-state index contributed by atoms with van der Waals surface area (Å²) >= 11 is 1.20. The molecule has 2 aliphatic rings. The van der Waals surface area contributed by atoms with Gasteiger partial charge in [0.15, 0.2) is 4.80 Å². The summed E-state index contributed by atoms with van der Waals surface area (Å²) in [5.74, 6) is -0.522. The molecule has 0 N–H and O–H groups in total. The maximum atomic E-state index is 14.1. The summed E-state index contributed by atoms with van der Waals surface area (Å²) in [7, 11) is 5.94. The van der Waals surface area contributed by atoms with Crippen molar-refractivity contribution in [3.8, 4) is 0 Å². The highest BCUT2D eigenvalue weighted by atomic mass is 32.1. The van der Waals surface area contributed by atoms with Crippen molar-refractivity contribution in [1.29, 1.82) is 0 Å². The predicted octanol–water partition coefficient (Wildman–Crippen LogP) is 2.52. The maximum absolute atomic E-state index is 14.1. The van der Waals surface area contributed by atoms with E-state index in [9.17, 15) is 19.7 Å². The number of allylic oxidation sites excluding steroid dienone is 1.